The Hall–Kier alpha value is -2.39. The molecule has 1 spiro atoms. The first-order chi connectivity index (χ1) is 17.9. The van der Waals surface area contributed by atoms with E-state index in [9.17, 15) is 14.4 Å². The molecule has 1 saturated carbocycles. The summed E-state index contributed by atoms with van der Waals surface area (Å²) in [4.78, 5) is 43.9. The van der Waals surface area contributed by atoms with Crippen LogP contribution in [0.4, 0.5) is 5.69 Å². The minimum Gasteiger partial charge on any atom is -0.359 e. The number of carbonyl (C=O) groups excluding carboxylic acids is 3. The zero-order chi connectivity index (χ0) is 25.7. The fourth-order valence-electron chi connectivity index (χ4n) is 6.39. The quantitative estimate of drug-likeness (QED) is 0.498. The van der Waals surface area contributed by atoms with Crippen LogP contribution in [0.15, 0.2) is 47.9 Å². The number of likely N-dealkylation sites (tertiary alicyclic amines) is 1. The van der Waals surface area contributed by atoms with Crippen molar-refractivity contribution in [3.63, 3.8) is 0 Å². The predicted molar refractivity (Wildman–Crippen MR) is 142 cm³/mol. The van der Waals surface area contributed by atoms with Gasteiger partial charge in [0.05, 0.1) is 24.5 Å². The second-order valence-corrected chi connectivity index (χ2v) is 12.1. The lowest BCUT2D eigenvalue weighted by Gasteiger charge is -2.34. The third-order valence-electron chi connectivity index (χ3n) is 7.91. The summed E-state index contributed by atoms with van der Waals surface area (Å²) in [5.74, 6) is -2.41. The number of hydrogen-bond donors (Lipinski definition) is 2. The van der Waals surface area contributed by atoms with E-state index in [2.05, 4.69) is 10.6 Å². The Morgan fingerprint density at radius 1 is 1.11 bits per heavy atom. The number of nitrogens with one attached hydrogen (secondary N) is 2. The van der Waals surface area contributed by atoms with Crippen LogP contribution in [0.3, 0.4) is 0 Å². The number of carbonyl (C=O) groups is 3. The molecular weight excluding hydrogens is 533 g/mol. The Labute approximate surface area is 229 Å². The van der Waals surface area contributed by atoms with E-state index in [1.54, 1.807) is 23.1 Å². The SMILES string of the molecule is O=C(Nc1cc(Cl)cc(Cl)c1)[C@H]1[C@@H]2C=C[C@]3(O2)[C@@H]1C(=O)N(Cc1cccs1)[C@@H]3C(=O)NC1CCCCC1. The zero-order valence-corrected chi connectivity index (χ0v) is 22.3. The van der Waals surface area contributed by atoms with Gasteiger partial charge in [-0.1, -0.05) is 60.7 Å². The van der Waals surface area contributed by atoms with E-state index in [0.717, 1.165) is 30.6 Å². The lowest BCUT2D eigenvalue weighted by molar-refractivity contribution is -0.142. The van der Waals surface area contributed by atoms with Crippen LogP contribution in [0.5, 0.6) is 0 Å². The van der Waals surface area contributed by atoms with Gasteiger partial charge in [-0.15, -0.1) is 11.3 Å². The van der Waals surface area contributed by atoms with Gasteiger partial charge in [-0.05, 0) is 42.5 Å². The molecule has 37 heavy (non-hydrogen) atoms. The van der Waals surface area contributed by atoms with Gasteiger partial charge in [-0.2, -0.15) is 0 Å². The van der Waals surface area contributed by atoms with Crippen LogP contribution in [0.1, 0.15) is 37.0 Å². The summed E-state index contributed by atoms with van der Waals surface area (Å²) >= 11 is 13.8. The molecule has 3 fully saturated rings. The highest BCUT2D eigenvalue weighted by Gasteiger charge is 2.72. The van der Waals surface area contributed by atoms with Crippen molar-refractivity contribution in [3.05, 3.63) is 62.8 Å². The number of thiophene rings is 1. The maximum Gasteiger partial charge on any atom is 0.246 e. The summed E-state index contributed by atoms with van der Waals surface area (Å²) in [6.45, 7) is 0.289. The summed E-state index contributed by atoms with van der Waals surface area (Å²) in [5, 5.41) is 8.79. The molecule has 0 unspecified atom stereocenters. The molecule has 1 aromatic heterocycles. The Bertz CT molecular complexity index is 1240. The van der Waals surface area contributed by atoms with Gasteiger partial charge < -0.3 is 20.3 Å². The van der Waals surface area contributed by atoms with Gasteiger partial charge in [-0.25, -0.2) is 0 Å². The molecule has 194 valence electrons. The molecule has 2 N–H and O–H groups in total. The van der Waals surface area contributed by atoms with Crippen molar-refractivity contribution in [2.24, 2.45) is 11.8 Å². The standard InChI is InChI=1S/C27H27Cl2N3O4S/c28-15-11-16(29)13-18(12-15)31-24(33)21-20-8-9-27(36-20)22(21)26(35)32(14-19-7-4-10-37-19)23(27)25(34)30-17-5-2-1-3-6-17/h4,7-13,17,20-23H,1-3,5-6,14H2,(H,30,34)(H,31,33)/t20-,21-,22-,23+,27-/m0/s1. The number of benzene rings is 1. The first-order valence-electron chi connectivity index (χ1n) is 12.6. The summed E-state index contributed by atoms with van der Waals surface area (Å²) in [6, 6.07) is 7.89. The largest absolute Gasteiger partial charge is 0.359 e. The molecule has 0 radical (unpaired) electrons. The molecule has 1 aromatic carbocycles. The van der Waals surface area contributed by atoms with Gasteiger partial charge >= 0.3 is 0 Å². The average Bonchev–Trinajstić information content (AvgIpc) is 3.62. The molecule has 2 aromatic rings. The number of ether oxygens (including phenoxy) is 1. The van der Waals surface area contributed by atoms with Crippen LogP contribution in [0.25, 0.3) is 0 Å². The fourth-order valence-corrected chi connectivity index (χ4v) is 7.62. The molecule has 3 amide bonds. The Morgan fingerprint density at radius 3 is 2.57 bits per heavy atom. The second kappa shape index (κ2) is 9.73. The van der Waals surface area contributed by atoms with Crippen molar-refractivity contribution in [1.82, 2.24) is 10.2 Å². The zero-order valence-electron chi connectivity index (χ0n) is 20.0. The summed E-state index contributed by atoms with van der Waals surface area (Å²) in [6.07, 6.45) is 8.24. The second-order valence-electron chi connectivity index (χ2n) is 10.2. The summed E-state index contributed by atoms with van der Waals surface area (Å²) in [7, 11) is 0. The number of anilines is 1. The van der Waals surface area contributed by atoms with Crippen LogP contribution in [0.2, 0.25) is 10.0 Å². The summed E-state index contributed by atoms with van der Waals surface area (Å²) in [5.41, 5.74) is -0.748. The van der Waals surface area contributed by atoms with Crippen molar-refractivity contribution >= 4 is 57.9 Å². The van der Waals surface area contributed by atoms with Gasteiger partial charge in [0.2, 0.25) is 17.7 Å². The first kappa shape index (κ1) is 24.9. The maximum absolute atomic E-state index is 14.0. The molecule has 4 heterocycles. The third-order valence-corrected chi connectivity index (χ3v) is 9.21. The van der Waals surface area contributed by atoms with Crippen molar-refractivity contribution in [2.45, 2.75) is 62.4 Å². The van der Waals surface area contributed by atoms with Gasteiger partial charge in [0.15, 0.2) is 0 Å². The third kappa shape index (κ3) is 4.38. The summed E-state index contributed by atoms with van der Waals surface area (Å²) < 4.78 is 6.40. The number of halogens is 2. The van der Waals surface area contributed by atoms with Crippen LogP contribution in [-0.4, -0.2) is 46.4 Å². The number of fused-ring (bicyclic) bond motifs is 1. The molecule has 2 saturated heterocycles. The van der Waals surface area contributed by atoms with E-state index < -0.39 is 29.6 Å². The van der Waals surface area contributed by atoms with E-state index in [-0.39, 0.29) is 30.3 Å². The maximum atomic E-state index is 14.0. The molecule has 5 atom stereocenters. The van der Waals surface area contributed by atoms with Crippen LogP contribution in [0, 0.1) is 11.8 Å². The predicted octanol–water partition coefficient (Wildman–Crippen LogP) is 4.79. The molecule has 2 bridgehead atoms. The van der Waals surface area contributed by atoms with Crippen molar-refractivity contribution in [2.75, 3.05) is 5.32 Å². The molecule has 7 nitrogen and oxygen atoms in total. The van der Waals surface area contributed by atoms with E-state index in [1.165, 1.54) is 17.8 Å². The van der Waals surface area contributed by atoms with Crippen molar-refractivity contribution < 1.29 is 19.1 Å². The normalized spacial score (nSPS) is 30.5. The smallest absolute Gasteiger partial charge is 0.246 e. The van der Waals surface area contributed by atoms with Gasteiger partial charge in [-0.3, -0.25) is 14.4 Å². The topological polar surface area (TPSA) is 87.7 Å². The number of nitrogens with zero attached hydrogens (tertiary/aromatic N) is 1. The minimum atomic E-state index is -1.19. The lowest BCUT2D eigenvalue weighted by atomic mass is 9.74. The monoisotopic (exact) mass is 559 g/mol. The highest BCUT2D eigenvalue weighted by atomic mass is 35.5. The highest BCUT2D eigenvalue weighted by molar-refractivity contribution is 7.09. The number of amides is 3. The molecular formula is C27H27Cl2N3O4S. The van der Waals surface area contributed by atoms with Crippen LogP contribution < -0.4 is 10.6 Å². The fraction of sp³-hybridized carbons (Fsp3) is 0.444. The molecule has 1 aliphatic carbocycles. The van der Waals surface area contributed by atoms with Gasteiger partial charge in [0.25, 0.3) is 0 Å². The van der Waals surface area contributed by atoms with Crippen molar-refractivity contribution in [1.29, 1.82) is 0 Å². The lowest BCUT2D eigenvalue weighted by Crippen LogP contribution is -2.56. The first-order valence-corrected chi connectivity index (χ1v) is 14.3. The molecule has 3 aliphatic heterocycles. The van der Waals surface area contributed by atoms with Gasteiger partial charge in [0, 0.05) is 26.7 Å². The van der Waals surface area contributed by atoms with E-state index in [4.69, 9.17) is 27.9 Å². The Kier molecular flexibility index (Phi) is 6.55. The molecule has 4 aliphatic rings. The molecule has 6 rings (SSSR count). The van der Waals surface area contributed by atoms with Crippen molar-refractivity contribution in [3.8, 4) is 0 Å². The van der Waals surface area contributed by atoms with Crippen LogP contribution >= 0.6 is 34.5 Å². The van der Waals surface area contributed by atoms with Gasteiger partial charge in [0.1, 0.15) is 11.6 Å². The van der Waals surface area contributed by atoms with E-state index >= 15 is 0 Å². The highest BCUT2D eigenvalue weighted by Crippen LogP contribution is 2.55. The Balaban J connectivity index is 1.32. The molecule has 10 heteroatoms. The average molecular weight is 561 g/mol. The van der Waals surface area contributed by atoms with Crippen LogP contribution in [-0.2, 0) is 25.7 Å². The number of hydrogen-bond acceptors (Lipinski definition) is 5. The Morgan fingerprint density at radius 2 is 1.86 bits per heavy atom. The number of rotatable bonds is 6. The minimum absolute atomic E-state index is 0.0876. The van der Waals surface area contributed by atoms with E-state index in [1.807, 2.05) is 29.7 Å². The van der Waals surface area contributed by atoms with E-state index in [0.29, 0.717) is 15.7 Å².